The zero-order valence-electron chi connectivity index (χ0n) is 19.7. The van der Waals surface area contributed by atoms with Crippen molar-refractivity contribution in [3.63, 3.8) is 0 Å². The molecule has 2 aromatic carbocycles. The Morgan fingerprint density at radius 1 is 1.09 bits per heavy atom. The first-order valence-electron chi connectivity index (χ1n) is 11.7. The monoisotopic (exact) mass is 479 g/mol. The number of anilines is 2. The number of amides is 3. The second-order valence-electron chi connectivity index (χ2n) is 9.47. The lowest BCUT2D eigenvalue weighted by molar-refractivity contribution is -0.384. The zero-order valence-corrected chi connectivity index (χ0v) is 19.7. The SMILES string of the molecule is CC(C)C1C(=O)Nc2cc(C(=O)NC3CCC(N)CC3)ccc2N1C(=O)c1ccc([N+](=O)[O-])cc1. The third-order valence-electron chi connectivity index (χ3n) is 6.61. The summed E-state index contributed by atoms with van der Waals surface area (Å²) in [5.74, 6) is -1.26. The molecule has 0 radical (unpaired) electrons. The molecule has 2 aliphatic rings. The summed E-state index contributed by atoms with van der Waals surface area (Å²) in [7, 11) is 0. The van der Waals surface area contributed by atoms with E-state index in [-0.39, 0.29) is 41.1 Å². The van der Waals surface area contributed by atoms with E-state index in [1.54, 1.807) is 18.2 Å². The molecule has 1 fully saturated rings. The molecule has 1 aliphatic carbocycles. The van der Waals surface area contributed by atoms with Crippen LogP contribution in [0, 0.1) is 16.0 Å². The van der Waals surface area contributed by atoms with Gasteiger partial charge in [-0.3, -0.25) is 29.4 Å². The molecule has 3 amide bonds. The van der Waals surface area contributed by atoms with Gasteiger partial charge >= 0.3 is 0 Å². The van der Waals surface area contributed by atoms with Crippen LogP contribution in [0.5, 0.6) is 0 Å². The first-order chi connectivity index (χ1) is 16.7. The average Bonchev–Trinajstić information content (AvgIpc) is 2.83. The molecule has 35 heavy (non-hydrogen) atoms. The second kappa shape index (κ2) is 9.83. The highest BCUT2D eigenvalue weighted by Crippen LogP contribution is 2.36. The number of carbonyl (C=O) groups is 3. The third kappa shape index (κ3) is 5.02. The van der Waals surface area contributed by atoms with Gasteiger partial charge in [0.05, 0.1) is 16.3 Å². The van der Waals surface area contributed by atoms with Crippen LogP contribution in [0.1, 0.15) is 60.2 Å². The van der Waals surface area contributed by atoms with Gasteiger partial charge in [-0.25, -0.2) is 0 Å². The van der Waals surface area contributed by atoms with Crippen LogP contribution >= 0.6 is 0 Å². The number of nitrogens with two attached hydrogens (primary N) is 1. The van der Waals surface area contributed by atoms with Crippen molar-refractivity contribution in [2.75, 3.05) is 10.2 Å². The van der Waals surface area contributed by atoms with Crippen molar-refractivity contribution < 1.29 is 19.3 Å². The maximum atomic E-state index is 13.5. The van der Waals surface area contributed by atoms with Crippen LogP contribution in [0.3, 0.4) is 0 Å². The van der Waals surface area contributed by atoms with Crippen molar-refractivity contribution in [3.8, 4) is 0 Å². The van der Waals surface area contributed by atoms with Crippen molar-refractivity contribution in [2.24, 2.45) is 11.7 Å². The molecule has 1 atom stereocenters. The summed E-state index contributed by atoms with van der Waals surface area (Å²) in [4.78, 5) is 51.2. The molecule has 1 unspecified atom stereocenters. The summed E-state index contributed by atoms with van der Waals surface area (Å²) in [6, 6.07) is 9.58. The van der Waals surface area contributed by atoms with Crippen LogP contribution in [-0.2, 0) is 4.79 Å². The second-order valence-corrected chi connectivity index (χ2v) is 9.47. The van der Waals surface area contributed by atoms with Gasteiger partial charge < -0.3 is 16.4 Å². The molecule has 1 aliphatic heterocycles. The van der Waals surface area contributed by atoms with E-state index in [0.29, 0.717) is 16.9 Å². The van der Waals surface area contributed by atoms with Crippen molar-refractivity contribution in [1.82, 2.24) is 5.32 Å². The number of carbonyl (C=O) groups excluding carboxylic acids is 3. The van der Waals surface area contributed by atoms with Crippen LogP contribution in [0.4, 0.5) is 17.1 Å². The van der Waals surface area contributed by atoms with Gasteiger partial charge in [0.25, 0.3) is 17.5 Å². The molecular formula is C25H29N5O5. The van der Waals surface area contributed by atoms with Crippen LogP contribution in [0.2, 0.25) is 0 Å². The minimum absolute atomic E-state index is 0.0541. The summed E-state index contributed by atoms with van der Waals surface area (Å²) < 4.78 is 0. The predicted molar refractivity (Wildman–Crippen MR) is 131 cm³/mol. The van der Waals surface area contributed by atoms with Crippen LogP contribution < -0.4 is 21.3 Å². The molecule has 0 saturated heterocycles. The van der Waals surface area contributed by atoms with E-state index in [4.69, 9.17) is 5.73 Å². The van der Waals surface area contributed by atoms with Crippen molar-refractivity contribution in [3.05, 3.63) is 63.7 Å². The molecule has 4 N–H and O–H groups in total. The molecule has 10 heteroatoms. The number of nitro benzene ring substituents is 1. The van der Waals surface area contributed by atoms with E-state index < -0.39 is 16.9 Å². The van der Waals surface area contributed by atoms with Crippen molar-refractivity contribution in [2.45, 2.75) is 57.7 Å². The Hall–Kier alpha value is -3.79. The molecule has 0 bridgehead atoms. The van der Waals surface area contributed by atoms with Gasteiger partial charge in [-0.15, -0.1) is 0 Å². The largest absolute Gasteiger partial charge is 0.349 e. The van der Waals surface area contributed by atoms with E-state index >= 15 is 0 Å². The minimum Gasteiger partial charge on any atom is -0.349 e. The number of non-ortho nitro benzene ring substituents is 1. The molecular weight excluding hydrogens is 450 g/mol. The van der Waals surface area contributed by atoms with E-state index in [2.05, 4.69) is 10.6 Å². The first kappa shape index (κ1) is 24.3. The van der Waals surface area contributed by atoms with Gasteiger partial charge in [0, 0.05) is 35.3 Å². The highest BCUT2D eigenvalue weighted by molar-refractivity contribution is 6.17. The number of fused-ring (bicyclic) bond motifs is 1. The number of benzene rings is 2. The summed E-state index contributed by atoms with van der Waals surface area (Å²) in [6.07, 6.45) is 3.37. The molecule has 0 spiro atoms. The predicted octanol–water partition coefficient (Wildman–Crippen LogP) is 3.22. The van der Waals surface area contributed by atoms with Crippen LogP contribution in [0.15, 0.2) is 42.5 Å². The smallest absolute Gasteiger partial charge is 0.269 e. The van der Waals surface area contributed by atoms with Gasteiger partial charge in [0.2, 0.25) is 5.91 Å². The fraction of sp³-hybridized carbons (Fsp3) is 0.400. The first-order valence-corrected chi connectivity index (χ1v) is 11.7. The topological polar surface area (TPSA) is 148 Å². The van der Waals surface area contributed by atoms with E-state index in [9.17, 15) is 24.5 Å². The highest BCUT2D eigenvalue weighted by atomic mass is 16.6. The number of nitrogens with one attached hydrogen (secondary N) is 2. The summed E-state index contributed by atoms with van der Waals surface area (Å²) >= 11 is 0. The van der Waals surface area contributed by atoms with Gasteiger partial charge in [-0.2, -0.15) is 0 Å². The maximum Gasteiger partial charge on any atom is 0.269 e. The summed E-state index contributed by atoms with van der Waals surface area (Å²) in [5, 5.41) is 16.8. The molecule has 184 valence electrons. The van der Waals surface area contributed by atoms with Crippen LogP contribution in [-0.4, -0.2) is 40.8 Å². The van der Waals surface area contributed by atoms with Gasteiger partial charge in [0.15, 0.2) is 0 Å². The zero-order chi connectivity index (χ0) is 25.3. The number of hydrogen-bond donors (Lipinski definition) is 3. The quantitative estimate of drug-likeness (QED) is 0.443. The standard InChI is InChI=1S/C25H29N5O5/c1-14(2)22-24(32)28-20-13-16(23(31)27-18-8-6-17(26)7-9-18)5-12-21(20)29(22)25(33)15-3-10-19(11-4-15)30(34)35/h3-5,10-14,17-18,22H,6-9,26H2,1-2H3,(H,27,31)(H,28,32). The number of rotatable bonds is 5. The van der Waals surface area contributed by atoms with Crippen LogP contribution in [0.25, 0.3) is 0 Å². The molecule has 4 rings (SSSR count). The molecule has 2 aromatic rings. The lowest BCUT2D eigenvalue weighted by Crippen LogP contribution is -2.53. The Kier molecular flexibility index (Phi) is 6.83. The Bertz CT molecular complexity index is 1160. The third-order valence-corrected chi connectivity index (χ3v) is 6.61. The molecule has 10 nitrogen and oxygen atoms in total. The van der Waals surface area contributed by atoms with Gasteiger partial charge in [0.1, 0.15) is 6.04 Å². The fourth-order valence-corrected chi connectivity index (χ4v) is 4.69. The van der Waals surface area contributed by atoms with E-state index in [1.807, 2.05) is 13.8 Å². The Balaban J connectivity index is 1.63. The van der Waals surface area contributed by atoms with Crippen molar-refractivity contribution in [1.29, 1.82) is 0 Å². The normalized spacial score (nSPS) is 21.8. The Labute approximate surface area is 203 Å². The van der Waals surface area contributed by atoms with Crippen molar-refractivity contribution >= 4 is 34.8 Å². The number of hydrogen-bond acceptors (Lipinski definition) is 6. The minimum atomic E-state index is -0.781. The lowest BCUT2D eigenvalue weighted by atomic mass is 9.91. The highest BCUT2D eigenvalue weighted by Gasteiger charge is 2.39. The van der Waals surface area contributed by atoms with E-state index in [0.717, 1.165) is 25.7 Å². The van der Waals surface area contributed by atoms with Gasteiger partial charge in [-0.05, 0) is 61.9 Å². The summed E-state index contributed by atoms with van der Waals surface area (Å²) in [6.45, 7) is 3.67. The summed E-state index contributed by atoms with van der Waals surface area (Å²) in [5.41, 5.74) is 7.24. The Morgan fingerprint density at radius 2 is 1.71 bits per heavy atom. The number of nitrogens with zero attached hydrogens (tertiary/aromatic N) is 2. The Morgan fingerprint density at radius 3 is 2.31 bits per heavy atom. The maximum absolute atomic E-state index is 13.5. The van der Waals surface area contributed by atoms with E-state index in [1.165, 1.54) is 29.2 Å². The number of nitro groups is 1. The van der Waals surface area contributed by atoms with Gasteiger partial charge in [-0.1, -0.05) is 13.8 Å². The molecule has 1 saturated carbocycles. The fourth-order valence-electron chi connectivity index (χ4n) is 4.69. The molecule has 0 aromatic heterocycles. The average molecular weight is 480 g/mol. The lowest BCUT2D eigenvalue weighted by Gasteiger charge is -2.38. The molecule has 1 heterocycles.